The first-order chi connectivity index (χ1) is 20.3. The van der Waals surface area contributed by atoms with Gasteiger partial charge in [0.1, 0.15) is 17.9 Å². The van der Waals surface area contributed by atoms with Gasteiger partial charge >= 0.3 is 5.97 Å². The molecule has 2 fully saturated rings. The minimum Gasteiger partial charge on any atom is -0.480 e. The fraction of sp³-hybridized carbons (Fsp3) is 0.364. The molecule has 0 spiro atoms. The van der Waals surface area contributed by atoms with E-state index in [0.29, 0.717) is 5.56 Å². The molecule has 42 heavy (non-hydrogen) atoms. The molecule has 6 rings (SSSR count). The van der Waals surface area contributed by atoms with Crippen molar-refractivity contribution in [3.63, 3.8) is 0 Å². The van der Waals surface area contributed by atoms with Crippen molar-refractivity contribution in [2.45, 2.75) is 0 Å². The van der Waals surface area contributed by atoms with E-state index in [2.05, 4.69) is 69.8 Å². The largest absolute Gasteiger partial charge is 0.480 e. The lowest BCUT2D eigenvalue weighted by Gasteiger charge is -2.34. The first kappa shape index (κ1) is 27.9. The first-order valence-corrected chi connectivity index (χ1v) is 14.6. The predicted octanol–water partition coefficient (Wildman–Crippen LogP) is 2.83. The van der Waals surface area contributed by atoms with Gasteiger partial charge in [-0.25, -0.2) is 4.58 Å². The zero-order valence-corrected chi connectivity index (χ0v) is 24.5. The number of hydrogen-bond donors (Lipinski definition) is 1. The number of carboxylic acid groups (broad SMARTS) is 1. The molecule has 0 unspecified atom stereocenters. The van der Waals surface area contributed by atoms with Crippen LogP contribution in [0.2, 0.25) is 0 Å². The standard InChI is InChI=1S/C33H37N5O4/c1-34-12-16-37(17-13-34)23-8-10-27-29(20-23)42-30-21-24(38-18-14-35(2)15-19-38)9-11-28(30)32(27)25-6-4-5-7-26(25)33(41)36(3)22-31(39)40/h4-11,20-21H,12-19,22H2,1-3H3/p+1. The van der Waals surface area contributed by atoms with E-state index in [1.165, 1.54) is 11.9 Å². The Morgan fingerprint density at radius 3 is 2.33 bits per heavy atom. The van der Waals surface area contributed by atoms with Gasteiger partial charge in [0, 0.05) is 73.1 Å². The number of carboxylic acids is 1. The van der Waals surface area contributed by atoms with Crippen molar-refractivity contribution in [2.24, 2.45) is 0 Å². The smallest absolute Gasteiger partial charge is 0.323 e. The van der Waals surface area contributed by atoms with Gasteiger partial charge in [0.05, 0.1) is 19.2 Å². The number of carbonyl (C=O) groups excluding carboxylic acids is 1. The predicted molar refractivity (Wildman–Crippen MR) is 165 cm³/mol. The summed E-state index contributed by atoms with van der Waals surface area (Å²) in [6.45, 7) is 7.44. The van der Waals surface area contributed by atoms with E-state index in [1.54, 1.807) is 6.07 Å². The van der Waals surface area contributed by atoms with Gasteiger partial charge in [-0.1, -0.05) is 18.2 Å². The number of aliphatic carboxylic acids is 1. The number of hydrogen-bond acceptors (Lipinski definition) is 6. The molecular weight excluding hydrogens is 530 g/mol. The van der Waals surface area contributed by atoms with Crippen molar-refractivity contribution in [1.29, 1.82) is 0 Å². The summed E-state index contributed by atoms with van der Waals surface area (Å²) < 4.78 is 9.05. The number of rotatable bonds is 5. The summed E-state index contributed by atoms with van der Waals surface area (Å²) >= 11 is 0. The lowest BCUT2D eigenvalue weighted by Crippen LogP contribution is -2.46. The number of fused-ring (bicyclic) bond motifs is 2. The summed E-state index contributed by atoms with van der Waals surface area (Å²) in [7, 11) is 5.82. The molecule has 1 aliphatic carbocycles. The average Bonchev–Trinajstić information content (AvgIpc) is 2.99. The zero-order valence-electron chi connectivity index (χ0n) is 24.5. The monoisotopic (exact) mass is 568 g/mol. The van der Waals surface area contributed by atoms with E-state index in [0.717, 1.165) is 96.8 Å². The van der Waals surface area contributed by atoms with Gasteiger partial charge < -0.3 is 24.2 Å². The minimum absolute atomic E-state index is 0.335. The average molecular weight is 569 g/mol. The Kier molecular flexibility index (Phi) is 7.70. The molecule has 2 aromatic carbocycles. The number of benzene rings is 3. The zero-order chi connectivity index (χ0) is 29.4. The maximum Gasteiger partial charge on any atom is 0.323 e. The Hall–Kier alpha value is -4.21. The molecule has 3 aliphatic heterocycles. The van der Waals surface area contributed by atoms with E-state index in [-0.39, 0.29) is 12.5 Å². The second-order valence-electron chi connectivity index (χ2n) is 11.5. The number of carbonyl (C=O) groups is 2. The molecule has 1 amide bonds. The summed E-state index contributed by atoms with van der Waals surface area (Å²) in [6, 6.07) is 20.2. The van der Waals surface area contributed by atoms with E-state index in [1.807, 2.05) is 18.2 Å². The van der Waals surface area contributed by atoms with Gasteiger partial charge in [-0.15, -0.1) is 0 Å². The maximum atomic E-state index is 13.5. The summed E-state index contributed by atoms with van der Waals surface area (Å²) in [5.74, 6) is -0.630. The highest BCUT2D eigenvalue weighted by Crippen LogP contribution is 2.42. The molecule has 9 heteroatoms. The Morgan fingerprint density at radius 1 is 0.881 bits per heavy atom. The van der Waals surface area contributed by atoms with Gasteiger partial charge in [0.15, 0.2) is 13.1 Å². The Balaban J connectivity index is 1.56. The second-order valence-corrected chi connectivity index (χ2v) is 11.5. The van der Waals surface area contributed by atoms with Crippen LogP contribution in [0.25, 0.3) is 33.4 Å². The van der Waals surface area contributed by atoms with Crippen LogP contribution in [0.4, 0.5) is 5.69 Å². The topological polar surface area (TPSA) is 83.5 Å². The summed E-state index contributed by atoms with van der Waals surface area (Å²) in [5, 5.41) is 11.4. The third-order valence-electron chi connectivity index (χ3n) is 8.57. The minimum atomic E-state index is -1.05. The van der Waals surface area contributed by atoms with Crippen molar-refractivity contribution >= 4 is 28.5 Å². The number of piperazine rings is 2. The van der Waals surface area contributed by atoms with E-state index < -0.39 is 5.97 Å². The Morgan fingerprint density at radius 2 is 1.60 bits per heavy atom. The third-order valence-corrected chi connectivity index (χ3v) is 8.57. The van der Waals surface area contributed by atoms with Crippen LogP contribution in [-0.2, 0) is 4.79 Å². The molecule has 0 bridgehead atoms. The maximum absolute atomic E-state index is 13.5. The van der Waals surface area contributed by atoms with Crippen molar-refractivity contribution in [3.05, 3.63) is 71.6 Å². The quantitative estimate of drug-likeness (QED) is 0.293. The van der Waals surface area contributed by atoms with Crippen LogP contribution in [0.3, 0.4) is 0 Å². The fourth-order valence-corrected chi connectivity index (χ4v) is 6.05. The first-order valence-electron chi connectivity index (χ1n) is 14.6. The Labute approximate surface area is 245 Å². The van der Waals surface area contributed by atoms with E-state index in [4.69, 9.17) is 4.42 Å². The summed E-state index contributed by atoms with van der Waals surface area (Å²) in [5.41, 5.74) is 4.91. The summed E-state index contributed by atoms with van der Waals surface area (Å²) in [6.07, 6.45) is 0. The Bertz CT molecular complexity index is 1680. The van der Waals surface area contributed by atoms with Crippen LogP contribution in [0, 0.1) is 0 Å². The number of amides is 1. The van der Waals surface area contributed by atoms with Gasteiger partial charge in [0.2, 0.25) is 5.36 Å². The van der Waals surface area contributed by atoms with Gasteiger partial charge in [-0.3, -0.25) is 14.5 Å². The molecule has 2 saturated heterocycles. The number of likely N-dealkylation sites (N-methyl/N-ethyl adjacent to an activating group) is 3. The van der Waals surface area contributed by atoms with Gasteiger partial charge in [-0.05, 0) is 43.9 Å². The van der Waals surface area contributed by atoms with Crippen LogP contribution >= 0.6 is 0 Å². The van der Waals surface area contributed by atoms with Crippen LogP contribution in [0.15, 0.2) is 65.1 Å². The normalized spacial score (nSPS) is 16.7. The van der Waals surface area contributed by atoms with Crippen molar-refractivity contribution in [2.75, 3.05) is 84.9 Å². The SMILES string of the molecule is CN1CCN(c2ccc3c(-c4ccccc4C(=O)N(C)CC(=O)O)c4ccc(=[N+]5CCN(C)CC5)cc-4oc3c2)CC1. The third kappa shape index (κ3) is 5.49. The van der Waals surface area contributed by atoms with Crippen molar-refractivity contribution in [3.8, 4) is 22.5 Å². The molecule has 4 aliphatic rings. The number of nitrogens with zero attached hydrogens (tertiary/aromatic N) is 5. The van der Waals surface area contributed by atoms with Crippen LogP contribution in [-0.4, -0.2) is 112 Å². The second kappa shape index (κ2) is 11.6. The fourth-order valence-electron chi connectivity index (χ4n) is 6.05. The highest BCUT2D eigenvalue weighted by atomic mass is 16.4. The van der Waals surface area contributed by atoms with Crippen molar-refractivity contribution < 1.29 is 19.1 Å². The van der Waals surface area contributed by atoms with Crippen LogP contribution in [0.1, 0.15) is 10.4 Å². The molecule has 1 N–H and O–H groups in total. The van der Waals surface area contributed by atoms with Crippen molar-refractivity contribution in [1.82, 2.24) is 19.3 Å². The van der Waals surface area contributed by atoms with E-state index >= 15 is 0 Å². The molecule has 218 valence electrons. The highest BCUT2D eigenvalue weighted by Gasteiger charge is 2.25. The van der Waals surface area contributed by atoms with E-state index in [9.17, 15) is 14.7 Å². The molecule has 0 atom stereocenters. The van der Waals surface area contributed by atoms with Crippen LogP contribution in [0.5, 0.6) is 0 Å². The lowest BCUT2D eigenvalue weighted by molar-refractivity contribution is -0.137. The number of anilines is 1. The molecule has 9 nitrogen and oxygen atoms in total. The molecule has 0 radical (unpaired) electrons. The molecular formula is C33H38N5O4+. The van der Waals surface area contributed by atoms with Crippen LogP contribution < -0.4 is 14.8 Å². The van der Waals surface area contributed by atoms with Gasteiger partial charge in [-0.2, -0.15) is 0 Å². The summed E-state index contributed by atoms with van der Waals surface area (Å²) in [4.78, 5) is 33.2. The van der Waals surface area contributed by atoms with Gasteiger partial charge in [0.25, 0.3) is 5.91 Å². The highest BCUT2D eigenvalue weighted by molar-refractivity contribution is 6.09. The molecule has 3 heterocycles. The molecule has 0 saturated carbocycles. The molecule has 2 aromatic rings. The lowest BCUT2D eigenvalue weighted by atomic mass is 9.90. The molecule has 0 aromatic heterocycles.